The summed E-state index contributed by atoms with van der Waals surface area (Å²) in [6.45, 7) is 6.16. The Hall–Kier alpha value is -2.64. The van der Waals surface area contributed by atoms with Crippen LogP contribution in [0.1, 0.15) is 57.0 Å². The van der Waals surface area contributed by atoms with Gasteiger partial charge in [-0.25, -0.2) is 9.50 Å². The van der Waals surface area contributed by atoms with Crippen LogP contribution in [0, 0.1) is 12.8 Å². The van der Waals surface area contributed by atoms with Crippen LogP contribution in [0.15, 0.2) is 16.9 Å². The summed E-state index contributed by atoms with van der Waals surface area (Å²) in [5, 5.41) is 3.09. The molecular weight excluding hydrogens is 348 g/mol. The van der Waals surface area contributed by atoms with Crippen molar-refractivity contribution < 1.29 is 14.3 Å². The van der Waals surface area contributed by atoms with Gasteiger partial charge in [0.05, 0.1) is 17.7 Å². The number of amides is 1. The molecular formula is C19H24N4O4. The quantitative estimate of drug-likeness (QED) is 0.828. The fourth-order valence-corrected chi connectivity index (χ4v) is 4.25. The predicted octanol–water partition coefficient (Wildman–Crippen LogP) is 1.73. The summed E-state index contributed by atoms with van der Waals surface area (Å²) in [4.78, 5) is 43.2. The highest BCUT2D eigenvalue weighted by molar-refractivity contribution is 5.84. The van der Waals surface area contributed by atoms with Gasteiger partial charge in [-0.3, -0.25) is 19.5 Å². The van der Waals surface area contributed by atoms with Crippen molar-refractivity contribution in [2.24, 2.45) is 5.92 Å². The molecule has 0 aromatic carbocycles. The van der Waals surface area contributed by atoms with E-state index in [4.69, 9.17) is 4.74 Å². The van der Waals surface area contributed by atoms with Crippen LogP contribution in [0.5, 0.6) is 0 Å². The van der Waals surface area contributed by atoms with E-state index in [2.05, 4.69) is 10.1 Å². The van der Waals surface area contributed by atoms with Gasteiger partial charge in [0.25, 0.3) is 5.56 Å². The lowest BCUT2D eigenvalue weighted by Crippen LogP contribution is -2.33. The molecule has 0 radical (unpaired) electrons. The number of H-pyrrole nitrogens is 1. The summed E-state index contributed by atoms with van der Waals surface area (Å²) in [6.07, 6.45) is 2.41. The lowest BCUT2D eigenvalue weighted by molar-refractivity contribution is -0.150. The predicted molar refractivity (Wildman–Crippen MR) is 97.1 cm³/mol. The molecule has 4 heterocycles. The Labute approximate surface area is 156 Å². The number of cyclic esters (lactones) is 1. The minimum absolute atomic E-state index is 0.0488. The van der Waals surface area contributed by atoms with Gasteiger partial charge in [0.15, 0.2) is 5.65 Å². The maximum atomic E-state index is 12.9. The van der Waals surface area contributed by atoms with Crippen LogP contribution < -0.4 is 5.56 Å². The standard InChI is InChI=1S/C19H24N4O4/c1-11-7-17(25)23-15(20-11)9-13(21-23)14-5-4-6-22(14)16(24)8-12-10-19(2,3)27-18(12)26/h7,9,12,14,21H,4-6,8,10H2,1-3H3/t12-,14-/m1/s1. The Kier molecular flexibility index (Phi) is 4.09. The van der Waals surface area contributed by atoms with E-state index in [-0.39, 0.29) is 35.8 Å². The second-order valence-corrected chi connectivity index (χ2v) is 8.17. The van der Waals surface area contributed by atoms with Crippen LogP contribution >= 0.6 is 0 Å². The van der Waals surface area contributed by atoms with Gasteiger partial charge >= 0.3 is 5.97 Å². The third kappa shape index (κ3) is 3.24. The van der Waals surface area contributed by atoms with Crippen molar-refractivity contribution in [3.63, 3.8) is 0 Å². The lowest BCUT2D eigenvalue weighted by atomic mass is 9.94. The molecule has 2 aromatic heterocycles. The fraction of sp³-hybridized carbons (Fsp3) is 0.579. The van der Waals surface area contributed by atoms with Gasteiger partial charge in [0.2, 0.25) is 5.91 Å². The molecule has 0 bridgehead atoms. The number of aromatic nitrogens is 3. The van der Waals surface area contributed by atoms with Crippen LogP contribution in [0.2, 0.25) is 0 Å². The Morgan fingerprint density at radius 3 is 2.85 bits per heavy atom. The summed E-state index contributed by atoms with van der Waals surface area (Å²) in [7, 11) is 0. The number of esters is 1. The largest absolute Gasteiger partial charge is 0.459 e. The number of nitrogens with zero attached hydrogens (tertiary/aromatic N) is 3. The van der Waals surface area contributed by atoms with Gasteiger partial charge in [0, 0.05) is 37.2 Å². The zero-order valence-electron chi connectivity index (χ0n) is 15.8. The van der Waals surface area contributed by atoms with Crippen molar-refractivity contribution in [2.45, 2.75) is 58.1 Å². The summed E-state index contributed by atoms with van der Waals surface area (Å²) < 4.78 is 6.74. The van der Waals surface area contributed by atoms with Crippen LogP contribution in [0.25, 0.3) is 5.65 Å². The number of rotatable bonds is 3. The zero-order valence-corrected chi connectivity index (χ0v) is 15.8. The molecule has 8 heteroatoms. The van der Waals surface area contributed by atoms with E-state index in [1.165, 1.54) is 10.6 Å². The molecule has 1 N–H and O–H groups in total. The molecule has 0 unspecified atom stereocenters. The van der Waals surface area contributed by atoms with E-state index in [0.29, 0.717) is 24.3 Å². The lowest BCUT2D eigenvalue weighted by Gasteiger charge is -2.24. The van der Waals surface area contributed by atoms with E-state index >= 15 is 0 Å². The van der Waals surface area contributed by atoms with Crippen molar-refractivity contribution >= 4 is 17.5 Å². The highest BCUT2D eigenvalue weighted by Crippen LogP contribution is 2.36. The van der Waals surface area contributed by atoms with E-state index in [0.717, 1.165) is 18.5 Å². The molecule has 2 atom stereocenters. The highest BCUT2D eigenvalue weighted by Gasteiger charge is 2.42. The fourth-order valence-electron chi connectivity index (χ4n) is 4.25. The number of nitrogens with one attached hydrogen (secondary N) is 1. The Morgan fingerprint density at radius 2 is 2.15 bits per heavy atom. The Morgan fingerprint density at radius 1 is 1.37 bits per heavy atom. The summed E-state index contributed by atoms with van der Waals surface area (Å²) >= 11 is 0. The first kappa shape index (κ1) is 17.8. The highest BCUT2D eigenvalue weighted by atomic mass is 16.6. The number of aromatic amines is 1. The first-order chi connectivity index (χ1) is 12.7. The number of ether oxygens (including phenoxy) is 1. The minimum Gasteiger partial charge on any atom is -0.459 e. The van der Waals surface area contributed by atoms with E-state index in [1.54, 1.807) is 11.8 Å². The van der Waals surface area contributed by atoms with E-state index in [1.807, 2.05) is 19.9 Å². The molecule has 4 rings (SSSR count). The van der Waals surface area contributed by atoms with Gasteiger partial charge in [-0.1, -0.05) is 0 Å². The number of hydrogen-bond acceptors (Lipinski definition) is 5. The number of likely N-dealkylation sites (tertiary alicyclic amines) is 1. The van der Waals surface area contributed by atoms with E-state index in [9.17, 15) is 14.4 Å². The Balaban J connectivity index is 1.56. The second-order valence-electron chi connectivity index (χ2n) is 8.17. The first-order valence-corrected chi connectivity index (χ1v) is 9.35. The molecule has 1 amide bonds. The SMILES string of the molecule is Cc1cc(=O)n2[nH]c([C@H]3CCCN3C(=O)C[C@@H]3CC(C)(C)OC3=O)cc2n1. The third-order valence-electron chi connectivity index (χ3n) is 5.40. The maximum Gasteiger partial charge on any atom is 0.310 e. The second kappa shape index (κ2) is 6.21. The van der Waals surface area contributed by atoms with Crippen molar-refractivity contribution in [2.75, 3.05) is 6.54 Å². The molecule has 0 saturated carbocycles. The topological polar surface area (TPSA) is 96.8 Å². The zero-order chi connectivity index (χ0) is 19.3. The van der Waals surface area contributed by atoms with Crippen LogP contribution in [-0.2, 0) is 14.3 Å². The minimum atomic E-state index is -0.506. The molecule has 0 aliphatic carbocycles. The molecule has 2 aliphatic heterocycles. The van der Waals surface area contributed by atoms with Crippen molar-refractivity contribution in [3.05, 3.63) is 33.9 Å². The van der Waals surface area contributed by atoms with Crippen LogP contribution in [0.4, 0.5) is 0 Å². The molecule has 8 nitrogen and oxygen atoms in total. The molecule has 2 aromatic rings. The summed E-state index contributed by atoms with van der Waals surface area (Å²) in [5.74, 6) is -0.725. The Bertz CT molecular complexity index is 974. The van der Waals surface area contributed by atoms with Crippen LogP contribution in [-0.4, -0.2) is 43.5 Å². The van der Waals surface area contributed by atoms with Crippen molar-refractivity contribution in [1.29, 1.82) is 0 Å². The summed E-state index contributed by atoms with van der Waals surface area (Å²) in [5.41, 5.74) is 1.33. The first-order valence-electron chi connectivity index (χ1n) is 9.35. The van der Waals surface area contributed by atoms with Crippen molar-refractivity contribution in [3.8, 4) is 0 Å². The average Bonchev–Trinajstić information content (AvgIpc) is 3.24. The van der Waals surface area contributed by atoms with Gasteiger partial charge in [-0.2, -0.15) is 0 Å². The molecule has 2 saturated heterocycles. The normalized spacial score (nSPS) is 24.6. The monoisotopic (exact) mass is 372 g/mol. The smallest absolute Gasteiger partial charge is 0.310 e. The van der Waals surface area contributed by atoms with Gasteiger partial charge in [-0.05, 0) is 33.6 Å². The maximum absolute atomic E-state index is 12.9. The van der Waals surface area contributed by atoms with Gasteiger partial charge in [0.1, 0.15) is 5.60 Å². The number of fused-ring (bicyclic) bond motifs is 1. The number of carbonyl (C=O) groups excluding carboxylic acids is 2. The molecule has 2 aliphatic rings. The molecule has 0 spiro atoms. The van der Waals surface area contributed by atoms with Crippen molar-refractivity contribution in [1.82, 2.24) is 19.5 Å². The number of carbonyl (C=O) groups is 2. The number of aryl methyl sites for hydroxylation is 1. The van der Waals surface area contributed by atoms with E-state index < -0.39 is 5.60 Å². The average molecular weight is 372 g/mol. The number of hydrogen-bond donors (Lipinski definition) is 1. The molecule has 2 fully saturated rings. The summed E-state index contributed by atoms with van der Waals surface area (Å²) in [6, 6.07) is 3.17. The molecule has 27 heavy (non-hydrogen) atoms. The third-order valence-corrected chi connectivity index (χ3v) is 5.40. The van der Waals surface area contributed by atoms with Gasteiger partial charge < -0.3 is 9.64 Å². The van der Waals surface area contributed by atoms with Crippen LogP contribution in [0.3, 0.4) is 0 Å². The molecule has 144 valence electrons. The van der Waals surface area contributed by atoms with Gasteiger partial charge in [-0.15, -0.1) is 0 Å².